The highest BCUT2D eigenvalue weighted by Crippen LogP contribution is 2.22. The summed E-state index contributed by atoms with van der Waals surface area (Å²) in [6.07, 6.45) is 4.94. The SMILES string of the molecule is CC(CNC(=O)c1ccc2c(c1)CCN2)N1CCCCC1. The van der Waals surface area contributed by atoms with E-state index in [1.807, 2.05) is 18.2 Å². The minimum atomic E-state index is 0.0496. The van der Waals surface area contributed by atoms with E-state index in [4.69, 9.17) is 0 Å². The zero-order valence-electron chi connectivity index (χ0n) is 12.8. The minimum Gasteiger partial charge on any atom is -0.384 e. The summed E-state index contributed by atoms with van der Waals surface area (Å²) in [5, 5.41) is 6.41. The predicted octanol–water partition coefficient (Wildman–Crippen LogP) is 2.26. The van der Waals surface area contributed by atoms with Gasteiger partial charge in [-0.1, -0.05) is 6.42 Å². The molecule has 1 amide bonds. The molecular formula is C17H25N3O. The van der Waals surface area contributed by atoms with Gasteiger partial charge in [0, 0.05) is 30.4 Å². The van der Waals surface area contributed by atoms with E-state index >= 15 is 0 Å². The van der Waals surface area contributed by atoms with Gasteiger partial charge in [-0.2, -0.15) is 0 Å². The van der Waals surface area contributed by atoms with Crippen LogP contribution in [0.2, 0.25) is 0 Å². The number of anilines is 1. The van der Waals surface area contributed by atoms with E-state index in [2.05, 4.69) is 22.5 Å². The molecule has 21 heavy (non-hydrogen) atoms. The normalized spacial score (nSPS) is 19.7. The molecule has 2 aliphatic heterocycles. The Balaban J connectivity index is 1.54. The average Bonchev–Trinajstić information content (AvgIpc) is 3.00. The number of nitrogens with zero attached hydrogens (tertiary/aromatic N) is 1. The summed E-state index contributed by atoms with van der Waals surface area (Å²) in [6.45, 7) is 6.25. The van der Waals surface area contributed by atoms with Crippen LogP contribution in [-0.2, 0) is 6.42 Å². The molecule has 2 heterocycles. The monoisotopic (exact) mass is 287 g/mol. The number of piperidine rings is 1. The summed E-state index contributed by atoms with van der Waals surface area (Å²) in [5.74, 6) is 0.0496. The van der Waals surface area contributed by atoms with Crippen molar-refractivity contribution in [3.05, 3.63) is 29.3 Å². The van der Waals surface area contributed by atoms with Crippen molar-refractivity contribution in [2.24, 2.45) is 0 Å². The zero-order chi connectivity index (χ0) is 14.7. The van der Waals surface area contributed by atoms with Crippen LogP contribution in [0.3, 0.4) is 0 Å². The quantitative estimate of drug-likeness (QED) is 0.893. The van der Waals surface area contributed by atoms with Crippen molar-refractivity contribution >= 4 is 11.6 Å². The number of rotatable bonds is 4. The standard InChI is InChI=1S/C17H25N3O/c1-13(20-9-3-2-4-10-20)12-19-17(21)15-5-6-16-14(11-15)7-8-18-16/h5-6,11,13,18H,2-4,7-10,12H2,1H3,(H,19,21). The number of benzene rings is 1. The van der Waals surface area contributed by atoms with Gasteiger partial charge in [-0.05, 0) is 63.0 Å². The summed E-state index contributed by atoms with van der Waals surface area (Å²) >= 11 is 0. The largest absolute Gasteiger partial charge is 0.384 e. The second-order valence-electron chi connectivity index (χ2n) is 6.20. The fraction of sp³-hybridized carbons (Fsp3) is 0.588. The van der Waals surface area contributed by atoms with Gasteiger partial charge in [-0.15, -0.1) is 0 Å². The Kier molecular flexibility index (Phi) is 4.44. The summed E-state index contributed by atoms with van der Waals surface area (Å²) in [7, 11) is 0. The highest BCUT2D eigenvalue weighted by molar-refractivity contribution is 5.95. The molecule has 0 aliphatic carbocycles. The van der Waals surface area contributed by atoms with Crippen molar-refractivity contribution in [1.29, 1.82) is 0 Å². The van der Waals surface area contributed by atoms with Gasteiger partial charge in [0.25, 0.3) is 5.91 Å². The fourth-order valence-electron chi connectivity index (χ4n) is 3.28. The van der Waals surface area contributed by atoms with Crippen LogP contribution in [0.1, 0.15) is 42.1 Å². The minimum absolute atomic E-state index is 0.0496. The summed E-state index contributed by atoms with van der Waals surface area (Å²) in [6, 6.07) is 6.38. The van der Waals surface area contributed by atoms with Gasteiger partial charge in [0.05, 0.1) is 0 Å². The highest BCUT2D eigenvalue weighted by atomic mass is 16.1. The van der Waals surface area contributed by atoms with Gasteiger partial charge in [0.2, 0.25) is 0 Å². The van der Waals surface area contributed by atoms with Crippen LogP contribution < -0.4 is 10.6 Å². The molecule has 4 nitrogen and oxygen atoms in total. The molecule has 3 rings (SSSR count). The maximum Gasteiger partial charge on any atom is 0.251 e. The van der Waals surface area contributed by atoms with Crippen LogP contribution in [0.5, 0.6) is 0 Å². The first-order valence-electron chi connectivity index (χ1n) is 8.13. The molecular weight excluding hydrogens is 262 g/mol. The van der Waals surface area contributed by atoms with Crippen molar-refractivity contribution in [2.75, 3.05) is 31.5 Å². The number of hydrogen-bond acceptors (Lipinski definition) is 3. The number of carbonyl (C=O) groups is 1. The number of amides is 1. The molecule has 0 spiro atoms. The number of hydrogen-bond donors (Lipinski definition) is 2. The van der Waals surface area contributed by atoms with Crippen molar-refractivity contribution in [3.63, 3.8) is 0 Å². The van der Waals surface area contributed by atoms with Crippen LogP contribution in [0.25, 0.3) is 0 Å². The molecule has 2 aliphatic rings. The topological polar surface area (TPSA) is 44.4 Å². The first kappa shape index (κ1) is 14.4. The third kappa shape index (κ3) is 3.38. The summed E-state index contributed by atoms with van der Waals surface area (Å²) < 4.78 is 0. The number of nitrogens with one attached hydrogen (secondary N) is 2. The molecule has 1 atom stereocenters. The Bertz CT molecular complexity index is 509. The molecule has 1 fully saturated rings. The Morgan fingerprint density at radius 3 is 2.95 bits per heavy atom. The Morgan fingerprint density at radius 2 is 2.14 bits per heavy atom. The third-order valence-corrected chi connectivity index (χ3v) is 4.65. The van der Waals surface area contributed by atoms with E-state index in [9.17, 15) is 4.79 Å². The second kappa shape index (κ2) is 6.48. The maximum atomic E-state index is 12.3. The zero-order valence-corrected chi connectivity index (χ0v) is 12.8. The Morgan fingerprint density at radius 1 is 1.33 bits per heavy atom. The summed E-state index contributed by atoms with van der Waals surface area (Å²) in [4.78, 5) is 14.8. The van der Waals surface area contributed by atoms with E-state index < -0.39 is 0 Å². The molecule has 1 unspecified atom stereocenters. The van der Waals surface area contributed by atoms with Crippen LogP contribution in [0, 0.1) is 0 Å². The van der Waals surface area contributed by atoms with Crippen molar-refractivity contribution in [2.45, 2.75) is 38.6 Å². The van der Waals surface area contributed by atoms with E-state index in [-0.39, 0.29) is 5.91 Å². The first-order valence-corrected chi connectivity index (χ1v) is 8.13. The molecule has 1 saturated heterocycles. The van der Waals surface area contributed by atoms with E-state index in [0.29, 0.717) is 6.04 Å². The lowest BCUT2D eigenvalue weighted by Gasteiger charge is -2.32. The number of fused-ring (bicyclic) bond motifs is 1. The van der Waals surface area contributed by atoms with Crippen LogP contribution in [-0.4, -0.2) is 43.0 Å². The van der Waals surface area contributed by atoms with Crippen LogP contribution in [0.15, 0.2) is 18.2 Å². The van der Waals surface area contributed by atoms with E-state index in [0.717, 1.165) is 25.1 Å². The van der Waals surface area contributed by atoms with Gasteiger partial charge in [-0.25, -0.2) is 0 Å². The molecule has 2 N–H and O–H groups in total. The Labute approximate surface area is 126 Å². The van der Waals surface area contributed by atoms with Gasteiger partial charge in [0.15, 0.2) is 0 Å². The number of carbonyl (C=O) groups excluding carboxylic acids is 1. The van der Waals surface area contributed by atoms with Gasteiger partial charge in [-0.3, -0.25) is 9.69 Å². The lowest BCUT2D eigenvalue weighted by molar-refractivity contribution is 0.0930. The lowest BCUT2D eigenvalue weighted by Crippen LogP contribution is -2.44. The highest BCUT2D eigenvalue weighted by Gasteiger charge is 2.18. The average molecular weight is 287 g/mol. The van der Waals surface area contributed by atoms with Crippen LogP contribution >= 0.6 is 0 Å². The molecule has 0 saturated carbocycles. The molecule has 0 radical (unpaired) electrons. The lowest BCUT2D eigenvalue weighted by atomic mass is 10.1. The van der Waals surface area contributed by atoms with Gasteiger partial charge in [0.1, 0.15) is 0 Å². The number of likely N-dealkylation sites (tertiary alicyclic amines) is 1. The van der Waals surface area contributed by atoms with Crippen molar-refractivity contribution in [3.8, 4) is 0 Å². The third-order valence-electron chi connectivity index (χ3n) is 4.65. The molecule has 0 aromatic heterocycles. The first-order chi connectivity index (χ1) is 10.2. The van der Waals surface area contributed by atoms with Crippen molar-refractivity contribution in [1.82, 2.24) is 10.2 Å². The Hall–Kier alpha value is -1.55. The molecule has 4 heteroatoms. The molecule has 114 valence electrons. The van der Waals surface area contributed by atoms with Gasteiger partial charge < -0.3 is 10.6 Å². The second-order valence-corrected chi connectivity index (χ2v) is 6.20. The van der Waals surface area contributed by atoms with Crippen LogP contribution in [0.4, 0.5) is 5.69 Å². The smallest absolute Gasteiger partial charge is 0.251 e. The summed E-state index contributed by atoms with van der Waals surface area (Å²) in [5.41, 5.74) is 3.21. The van der Waals surface area contributed by atoms with Gasteiger partial charge >= 0.3 is 0 Å². The van der Waals surface area contributed by atoms with E-state index in [1.54, 1.807) is 0 Å². The van der Waals surface area contributed by atoms with Crippen molar-refractivity contribution < 1.29 is 4.79 Å². The molecule has 1 aromatic carbocycles. The predicted molar refractivity (Wildman–Crippen MR) is 85.9 cm³/mol. The maximum absolute atomic E-state index is 12.3. The fourth-order valence-corrected chi connectivity index (χ4v) is 3.28. The molecule has 1 aromatic rings. The van der Waals surface area contributed by atoms with E-state index in [1.165, 1.54) is 43.6 Å². The molecule has 0 bridgehead atoms.